The first-order valence-electron chi connectivity index (χ1n) is 6.25. The lowest BCUT2D eigenvalue weighted by Gasteiger charge is -2.06. The van der Waals surface area contributed by atoms with E-state index in [4.69, 9.17) is 0 Å². The summed E-state index contributed by atoms with van der Waals surface area (Å²) in [5.74, 6) is 0.533. The van der Waals surface area contributed by atoms with Crippen molar-refractivity contribution in [3.8, 4) is 0 Å². The second-order valence-corrected chi connectivity index (χ2v) is 4.60. The minimum Gasteiger partial charge on any atom is -0.245 e. The summed E-state index contributed by atoms with van der Waals surface area (Å²) in [5.41, 5.74) is 8.02. The minimum absolute atomic E-state index is 0.533. The first-order valence-corrected chi connectivity index (χ1v) is 6.25. The molecule has 1 aromatic carbocycles. The van der Waals surface area contributed by atoms with Crippen LogP contribution in [0, 0.1) is 20.8 Å². The van der Waals surface area contributed by atoms with Gasteiger partial charge in [-0.05, 0) is 39.3 Å². The van der Waals surface area contributed by atoms with Gasteiger partial charge in [0.1, 0.15) is 0 Å². The van der Waals surface area contributed by atoms with Gasteiger partial charge < -0.3 is 0 Å². The molecule has 1 aromatic heterocycles. The predicted octanol–water partition coefficient (Wildman–Crippen LogP) is 3.24. The van der Waals surface area contributed by atoms with E-state index in [9.17, 15) is 0 Å². The maximum Gasteiger partial charge on any atom is 0.243 e. The number of aryl methyl sites for hydroxylation is 3. The number of nitrogens with zero attached hydrogens (tertiary/aromatic N) is 3. The van der Waals surface area contributed by atoms with E-state index < -0.39 is 0 Å². The van der Waals surface area contributed by atoms with E-state index in [0.29, 0.717) is 5.95 Å². The second kappa shape index (κ2) is 5.61. The summed E-state index contributed by atoms with van der Waals surface area (Å²) in [6.07, 6.45) is 0. The van der Waals surface area contributed by atoms with Crippen LogP contribution in [0.2, 0.25) is 0 Å². The molecule has 0 aliphatic heterocycles. The molecule has 4 nitrogen and oxygen atoms in total. The summed E-state index contributed by atoms with van der Waals surface area (Å²) < 4.78 is 0. The molecule has 0 unspecified atom stereocenters. The highest BCUT2D eigenvalue weighted by Gasteiger charge is 2.02. The Morgan fingerprint density at radius 1 is 1.05 bits per heavy atom. The molecule has 0 atom stereocenters. The van der Waals surface area contributed by atoms with Crippen LogP contribution in [-0.2, 0) is 0 Å². The fraction of sp³-hybridized carbons (Fsp3) is 0.267. The molecule has 2 rings (SSSR count). The predicted molar refractivity (Wildman–Crippen MR) is 78.5 cm³/mol. The minimum atomic E-state index is 0.533. The zero-order valence-electron chi connectivity index (χ0n) is 11.7. The smallest absolute Gasteiger partial charge is 0.243 e. The van der Waals surface area contributed by atoms with Crippen molar-refractivity contribution in [1.29, 1.82) is 0 Å². The van der Waals surface area contributed by atoms with Crippen LogP contribution in [0.15, 0.2) is 35.4 Å². The van der Waals surface area contributed by atoms with Crippen molar-refractivity contribution in [2.24, 2.45) is 5.10 Å². The molecule has 0 spiro atoms. The SMILES string of the molecule is CC(=NNc1nc(C)cc(C)n1)c1ccccc1C. The Morgan fingerprint density at radius 3 is 2.32 bits per heavy atom. The molecule has 0 saturated heterocycles. The van der Waals surface area contributed by atoms with Crippen molar-refractivity contribution in [3.05, 3.63) is 52.8 Å². The van der Waals surface area contributed by atoms with Crippen LogP contribution in [0.1, 0.15) is 29.4 Å². The summed E-state index contributed by atoms with van der Waals surface area (Å²) >= 11 is 0. The highest BCUT2D eigenvalue weighted by Crippen LogP contribution is 2.09. The highest BCUT2D eigenvalue weighted by atomic mass is 15.4. The number of nitrogens with one attached hydrogen (secondary N) is 1. The van der Waals surface area contributed by atoms with Crippen LogP contribution in [0.3, 0.4) is 0 Å². The van der Waals surface area contributed by atoms with E-state index in [0.717, 1.165) is 22.7 Å². The molecule has 1 heterocycles. The summed E-state index contributed by atoms with van der Waals surface area (Å²) in [7, 11) is 0. The molecule has 0 saturated carbocycles. The van der Waals surface area contributed by atoms with Gasteiger partial charge in [-0.3, -0.25) is 0 Å². The molecule has 19 heavy (non-hydrogen) atoms. The Morgan fingerprint density at radius 2 is 1.68 bits per heavy atom. The van der Waals surface area contributed by atoms with Crippen molar-refractivity contribution in [1.82, 2.24) is 9.97 Å². The number of hydrazone groups is 1. The van der Waals surface area contributed by atoms with Crippen molar-refractivity contribution in [2.45, 2.75) is 27.7 Å². The number of hydrogen-bond acceptors (Lipinski definition) is 4. The second-order valence-electron chi connectivity index (χ2n) is 4.60. The largest absolute Gasteiger partial charge is 0.245 e. The Balaban J connectivity index is 2.20. The Hall–Kier alpha value is -2.23. The molecule has 0 aliphatic rings. The number of hydrogen-bond donors (Lipinski definition) is 1. The van der Waals surface area contributed by atoms with E-state index in [-0.39, 0.29) is 0 Å². The van der Waals surface area contributed by atoms with Crippen LogP contribution in [0.25, 0.3) is 0 Å². The van der Waals surface area contributed by atoms with Gasteiger partial charge in [-0.15, -0.1) is 0 Å². The molecule has 0 radical (unpaired) electrons. The quantitative estimate of drug-likeness (QED) is 0.675. The lowest BCUT2D eigenvalue weighted by molar-refractivity contribution is 1.03. The van der Waals surface area contributed by atoms with Gasteiger partial charge in [0.15, 0.2) is 0 Å². The Bertz CT molecular complexity index is 597. The van der Waals surface area contributed by atoms with Crippen molar-refractivity contribution >= 4 is 11.7 Å². The van der Waals surface area contributed by atoms with Crippen molar-refractivity contribution in [3.63, 3.8) is 0 Å². The van der Waals surface area contributed by atoms with E-state index in [2.05, 4.69) is 39.6 Å². The molecule has 0 amide bonds. The van der Waals surface area contributed by atoms with Gasteiger partial charge in [-0.1, -0.05) is 24.3 Å². The number of anilines is 1. The highest BCUT2D eigenvalue weighted by molar-refractivity contribution is 6.00. The van der Waals surface area contributed by atoms with Crippen LogP contribution in [-0.4, -0.2) is 15.7 Å². The third kappa shape index (κ3) is 3.37. The van der Waals surface area contributed by atoms with Gasteiger partial charge in [-0.25, -0.2) is 15.4 Å². The average Bonchev–Trinajstić information content (AvgIpc) is 2.35. The van der Waals surface area contributed by atoms with E-state index >= 15 is 0 Å². The third-order valence-corrected chi connectivity index (χ3v) is 2.84. The number of rotatable bonds is 3. The van der Waals surface area contributed by atoms with Crippen LogP contribution >= 0.6 is 0 Å². The number of benzene rings is 1. The molecular weight excluding hydrogens is 236 g/mol. The summed E-state index contributed by atoms with van der Waals surface area (Å²) in [6, 6.07) is 10.1. The first kappa shape index (κ1) is 13.2. The molecular formula is C15H18N4. The van der Waals surface area contributed by atoms with Crippen molar-refractivity contribution < 1.29 is 0 Å². The van der Waals surface area contributed by atoms with Gasteiger partial charge >= 0.3 is 0 Å². The maximum absolute atomic E-state index is 4.35. The van der Waals surface area contributed by atoms with E-state index in [1.54, 1.807) is 0 Å². The van der Waals surface area contributed by atoms with Crippen LogP contribution in [0.4, 0.5) is 5.95 Å². The zero-order valence-corrected chi connectivity index (χ0v) is 11.7. The molecule has 0 fully saturated rings. The monoisotopic (exact) mass is 254 g/mol. The van der Waals surface area contributed by atoms with Gasteiger partial charge in [0.25, 0.3) is 0 Å². The van der Waals surface area contributed by atoms with E-state index in [1.807, 2.05) is 39.0 Å². The van der Waals surface area contributed by atoms with Gasteiger partial charge in [0, 0.05) is 17.0 Å². The van der Waals surface area contributed by atoms with Crippen LogP contribution < -0.4 is 5.43 Å². The maximum atomic E-state index is 4.35. The van der Waals surface area contributed by atoms with Gasteiger partial charge in [-0.2, -0.15) is 5.10 Å². The Kier molecular flexibility index (Phi) is 3.90. The third-order valence-electron chi connectivity index (χ3n) is 2.84. The molecule has 98 valence electrons. The normalized spacial score (nSPS) is 11.5. The van der Waals surface area contributed by atoms with Crippen LogP contribution in [0.5, 0.6) is 0 Å². The molecule has 2 aromatic rings. The zero-order chi connectivity index (χ0) is 13.8. The lowest BCUT2D eigenvalue weighted by Crippen LogP contribution is -2.04. The number of aromatic nitrogens is 2. The van der Waals surface area contributed by atoms with Gasteiger partial charge in [0.05, 0.1) is 5.71 Å². The fourth-order valence-electron chi connectivity index (χ4n) is 1.95. The molecule has 0 bridgehead atoms. The Labute approximate surface area is 113 Å². The topological polar surface area (TPSA) is 50.2 Å². The van der Waals surface area contributed by atoms with Crippen molar-refractivity contribution in [2.75, 3.05) is 5.43 Å². The molecule has 1 N–H and O–H groups in total. The fourth-order valence-corrected chi connectivity index (χ4v) is 1.95. The molecule has 0 aliphatic carbocycles. The summed E-state index contributed by atoms with van der Waals surface area (Å²) in [6.45, 7) is 7.93. The lowest BCUT2D eigenvalue weighted by atomic mass is 10.1. The summed E-state index contributed by atoms with van der Waals surface area (Å²) in [5, 5.41) is 4.35. The first-order chi connectivity index (χ1) is 9.06. The summed E-state index contributed by atoms with van der Waals surface area (Å²) in [4.78, 5) is 8.59. The standard InChI is InChI=1S/C15H18N4/c1-10-7-5-6-8-14(10)13(4)18-19-15-16-11(2)9-12(3)17-15/h5-9H,1-4H3,(H,16,17,19). The van der Waals surface area contributed by atoms with E-state index in [1.165, 1.54) is 5.56 Å². The average molecular weight is 254 g/mol. The molecule has 4 heteroatoms. The van der Waals surface area contributed by atoms with Gasteiger partial charge in [0.2, 0.25) is 5.95 Å².